The van der Waals surface area contributed by atoms with Crippen molar-refractivity contribution >= 4 is 0 Å². The molecule has 0 spiro atoms. The van der Waals surface area contributed by atoms with Gasteiger partial charge in [-0.15, -0.1) is 0 Å². The molecule has 16 heavy (non-hydrogen) atoms. The van der Waals surface area contributed by atoms with Crippen molar-refractivity contribution in [1.29, 1.82) is 0 Å². The van der Waals surface area contributed by atoms with Gasteiger partial charge in [-0.25, -0.2) is 0 Å². The van der Waals surface area contributed by atoms with E-state index >= 15 is 0 Å². The van der Waals surface area contributed by atoms with E-state index in [1.54, 1.807) is 0 Å². The number of hydrogen-bond donors (Lipinski definition) is 1. The molecule has 0 heterocycles. The van der Waals surface area contributed by atoms with Crippen LogP contribution in [0.5, 0.6) is 0 Å². The molecule has 0 aromatic carbocycles. The number of hydrogen-bond acceptors (Lipinski definition) is 1. The molecule has 1 heteroatoms. The lowest BCUT2D eigenvalue weighted by Gasteiger charge is -2.46. The number of allylic oxidation sites excluding steroid dienone is 1. The van der Waals surface area contributed by atoms with E-state index in [2.05, 4.69) is 26.8 Å². The summed E-state index contributed by atoms with van der Waals surface area (Å²) in [6.07, 6.45) is 10.4. The third-order valence-electron chi connectivity index (χ3n) is 5.51. The van der Waals surface area contributed by atoms with Gasteiger partial charge in [-0.05, 0) is 49.4 Å². The topological polar surface area (TPSA) is 20.2 Å². The zero-order valence-electron chi connectivity index (χ0n) is 11.2. The van der Waals surface area contributed by atoms with Crippen molar-refractivity contribution in [3.8, 4) is 0 Å². The van der Waals surface area contributed by atoms with Crippen molar-refractivity contribution in [2.24, 2.45) is 16.7 Å². The van der Waals surface area contributed by atoms with Crippen LogP contribution in [0.3, 0.4) is 0 Å². The van der Waals surface area contributed by atoms with E-state index in [-0.39, 0.29) is 0 Å². The average Bonchev–Trinajstić information content (AvgIpc) is 2.42. The Hall–Kier alpha value is -0.300. The van der Waals surface area contributed by atoms with Crippen LogP contribution in [-0.4, -0.2) is 10.7 Å². The van der Waals surface area contributed by atoms with E-state index in [1.807, 2.05) is 13.0 Å². The van der Waals surface area contributed by atoms with Crippen molar-refractivity contribution in [3.63, 3.8) is 0 Å². The number of rotatable bonds is 1. The first kappa shape index (κ1) is 12.2. The molecule has 0 saturated heterocycles. The van der Waals surface area contributed by atoms with Crippen LogP contribution >= 0.6 is 0 Å². The summed E-state index contributed by atoms with van der Waals surface area (Å²) in [5, 5.41) is 9.96. The van der Waals surface area contributed by atoms with Gasteiger partial charge >= 0.3 is 0 Å². The third kappa shape index (κ3) is 1.84. The highest BCUT2D eigenvalue weighted by atomic mass is 16.3. The molecule has 2 aliphatic rings. The fourth-order valence-electron chi connectivity index (χ4n) is 3.69. The lowest BCUT2D eigenvalue weighted by Crippen LogP contribution is -2.39. The SMILES string of the molecule is CC1(C)CCC[C@@]1(C)[C@H]1C=C[C@@](C)(O)CC1. The predicted octanol–water partition coefficient (Wildman–Crippen LogP) is 3.92. The van der Waals surface area contributed by atoms with Crippen molar-refractivity contribution in [2.45, 2.75) is 65.4 Å². The highest BCUT2D eigenvalue weighted by Gasteiger charge is 2.49. The molecule has 0 radical (unpaired) electrons. The van der Waals surface area contributed by atoms with E-state index in [0.717, 1.165) is 12.8 Å². The first-order chi connectivity index (χ1) is 7.27. The summed E-state index contributed by atoms with van der Waals surface area (Å²) < 4.78 is 0. The van der Waals surface area contributed by atoms with Gasteiger partial charge < -0.3 is 5.11 Å². The Labute approximate surface area is 99.9 Å². The van der Waals surface area contributed by atoms with Crippen molar-refractivity contribution in [3.05, 3.63) is 12.2 Å². The molecule has 0 unspecified atom stereocenters. The molecule has 1 N–H and O–H groups in total. The van der Waals surface area contributed by atoms with Gasteiger partial charge in [0.15, 0.2) is 0 Å². The molecule has 2 rings (SSSR count). The smallest absolute Gasteiger partial charge is 0.0800 e. The van der Waals surface area contributed by atoms with E-state index < -0.39 is 5.60 Å². The summed E-state index contributed by atoms with van der Waals surface area (Å²) in [5.41, 5.74) is 0.320. The van der Waals surface area contributed by atoms with Crippen LogP contribution in [0, 0.1) is 16.7 Å². The highest BCUT2D eigenvalue weighted by molar-refractivity contribution is 5.12. The van der Waals surface area contributed by atoms with Gasteiger partial charge in [0.25, 0.3) is 0 Å². The van der Waals surface area contributed by atoms with Crippen LogP contribution < -0.4 is 0 Å². The van der Waals surface area contributed by atoms with Gasteiger partial charge in [-0.3, -0.25) is 0 Å². The minimum Gasteiger partial charge on any atom is -0.386 e. The highest BCUT2D eigenvalue weighted by Crippen LogP contribution is 2.58. The Bertz CT molecular complexity index is 301. The third-order valence-corrected chi connectivity index (χ3v) is 5.51. The second-order valence-corrected chi connectivity index (χ2v) is 7.02. The number of aliphatic hydroxyl groups is 1. The van der Waals surface area contributed by atoms with E-state index in [0.29, 0.717) is 16.7 Å². The lowest BCUT2D eigenvalue weighted by molar-refractivity contribution is 0.0346. The zero-order valence-corrected chi connectivity index (χ0v) is 11.2. The molecular weight excluding hydrogens is 196 g/mol. The van der Waals surface area contributed by atoms with Crippen molar-refractivity contribution in [2.75, 3.05) is 0 Å². The maximum atomic E-state index is 9.96. The van der Waals surface area contributed by atoms with Crippen LogP contribution in [0.1, 0.15) is 59.8 Å². The summed E-state index contributed by atoms with van der Waals surface area (Å²) in [7, 11) is 0. The fraction of sp³-hybridized carbons (Fsp3) is 0.867. The van der Waals surface area contributed by atoms with Crippen LogP contribution in [0.4, 0.5) is 0 Å². The Balaban J connectivity index is 2.20. The maximum absolute atomic E-state index is 9.96. The maximum Gasteiger partial charge on any atom is 0.0800 e. The van der Waals surface area contributed by atoms with Gasteiger partial charge in [-0.1, -0.05) is 39.3 Å². The molecule has 0 amide bonds. The second-order valence-electron chi connectivity index (χ2n) is 7.02. The molecule has 0 aliphatic heterocycles. The van der Waals surface area contributed by atoms with E-state index in [9.17, 15) is 5.11 Å². The minimum atomic E-state index is -0.560. The van der Waals surface area contributed by atoms with Gasteiger partial charge in [0.05, 0.1) is 5.60 Å². The zero-order chi connectivity index (χ0) is 12.0. The Morgan fingerprint density at radius 3 is 2.19 bits per heavy atom. The Morgan fingerprint density at radius 2 is 1.75 bits per heavy atom. The molecule has 2 aliphatic carbocycles. The standard InChI is InChI=1S/C15H26O/c1-13(2)8-5-9-15(13,4)12-6-10-14(3,16)11-7-12/h6,10,12,16H,5,7-9,11H2,1-4H3/t12-,14+,15-/m0/s1. The fourth-order valence-corrected chi connectivity index (χ4v) is 3.69. The normalized spacial score (nSPS) is 47.2. The van der Waals surface area contributed by atoms with E-state index in [4.69, 9.17) is 0 Å². The monoisotopic (exact) mass is 222 g/mol. The average molecular weight is 222 g/mol. The summed E-state index contributed by atoms with van der Waals surface area (Å²) >= 11 is 0. The molecule has 92 valence electrons. The van der Waals surface area contributed by atoms with Gasteiger partial charge in [0.2, 0.25) is 0 Å². The van der Waals surface area contributed by atoms with Crippen LogP contribution in [-0.2, 0) is 0 Å². The van der Waals surface area contributed by atoms with Crippen LogP contribution in [0.25, 0.3) is 0 Å². The summed E-state index contributed by atoms with van der Waals surface area (Å²) in [6, 6.07) is 0. The molecule has 1 saturated carbocycles. The predicted molar refractivity (Wildman–Crippen MR) is 68.2 cm³/mol. The molecule has 0 aromatic heterocycles. The summed E-state index contributed by atoms with van der Waals surface area (Å²) in [6.45, 7) is 9.21. The lowest BCUT2D eigenvalue weighted by atomic mass is 9.59. The van der Waals surface area contributed by atoms with Crippen molar-refractivity contribution < 1.29 is 5.11 Å². The van der Waals surface area contributed by atoms with Crippen LogP contribution in [0.2, 0.25) is 0 Å². The minimum absolute atomic E-state index is 0.431. The van der Waals surface area contributed by atoms with Gasteiger partial charge in [0.1, 0.15) is 0 Å². The molecule has 1 nitrogen and oxygen atoms in total. The Morgan fingerprint density at radius 1 is 1.06 bits per heavy atom. The quantitative estimate of drug-likeness (QED) is 0.667. The van der Waals surface area contributed by atoms with Crippen LogP contribution in [0.15, 0.2) is 12.2 Å². The van der Waals surface area contributed by atoms with E-state index in [1.165, 1.54) is 19.3 Å². The molecule has 0 bridgehead atoms. The van der Waals surface area contributed by atoms with Gasteiger partial charge in [-0.2, -0.15) is 0 Å². The molecule has 0 aromatic rings. The van der Waals surface area contributed by atoms with Gasteiger partial charge in [0, 0.05) is 0 Å². The largest absolute Gasteiger partial charge is 0.386 e. The molecule has 1 fully saturated rings. The molecular formula is C15H26O. The first-order valence-electron chi connectivity index (χ1n) is 6.69. The first-order valence-corrected chi connectivity index (χ1v) is 6.69. The van der Waals surface area contributed by atoms with Crippen molar-refractivity contribution in [1.82, 2.24) is 0 Å². The summed E-state index contributed by atoms with van der Waals surface area (Å²) in [5.74, 6) is 0.658. The molecule has 3 atom stereocenters. The summed E-state index contributed by atoms with van der Waals surface area (Å²) in [4.78, 5) is 0. The Kier molecular flexibility index (Phi) is 2.73. The second kappa shape index (κ2) is 3.60.